The van der Waals surface area contributed by atoms with Gasteiger partial charge in [0, 0.05) is 13.1 Å². The third kappa shape index (κ3) is 3.25. The van der Waals surface area contributed by atoms with Crippen molar-refractivity contribution in [1.82, 2.24) is 9.88 Å². The Morgan fingerprint density at radius 3 is 2.64 bits per heavy atom. The van der Waals surface area contributed by atoms with E-state index >= 15 is 0 Å². The second kappa shape index (κ2) is 6.92. The normalized spacial score (nSPS) is 16.5. The van der Waals surface area contributed by atoms with Crippen LogP contribution in [0.15, 0.2) is 17.5 Å². The Hall–Kier alpha value is -1.20. The van der Waals surface area contributed by atoms with Crippen molar-refractivity contribution in [1.29, 1.82) is 0 Å². The van der Waals surface area contributed by atoms with Gasteiger partial charge in [-0.15, -0.1) is 22.7 Å². The molecule has 5 heteroatoms. The third-order valence-electron chi connectivity index (χ3n) is 4.42. The van der Waals surface area contributed by atoms with E-state index in [1.165, 1.54) is 37.0 Å². The number of nitrogens with zero attached hydrogens (tertiary/aromatic N) is 2. The Morgan fingerprint density at radius 2 is 2.00 bits per heavy atom. The van der Waals surface area contributed by atoms with Gasteiger partial charge in [-0.2, -0.15) is 0 Å². The summed E-state index contributed by atoms with van der Waals surface area (Å²) < 4.78 is 0. The number of rotatable bonds is 3. The summed E-state index contributed by atoms with van der Waals surface area (Å²) >= 11 is 3.20. The summed E-state index contributed by atoms with van der Waals surface area (Å²) in [5, 5.41) is 3.01. The lowest BCUT2D eigenvalue weighted by Gasteiger charge is -2.26. The minimum absolute atomic E-state index is 0.143. The summed E-state index contributed by atoms with van der Waals surface area (Å²) in [6.07, 6.45) is 7.37. The van der Waals surface area contributed by atoms with Gasteiger partial charge >= 0.3 is 0 Å². The first-order valence-electron chi connectivity index (χ1n) is 7.95. The van der Waals surface area contributed by atoms with Crippen LogP contribution in [0, 0.1) is 6.92 Å². The van der Waals surface area contributed by atoms with Crippen molar-refractivity contribution in [3.05, 3.63) is 28.1 Å². The fourth-order valence-electron chi connectivity index (χ4n) is 3.07. The highest BCUT2D eigenvalue weighted by Gasteiger charge is 2.25. The maximum atomic E-state index is 12.9. The van der Waals surface area contributed by atoms with E-state index in [2.05, 4.69) is 11.1 Å². The van der Waals surface area contributed by atoms with Crippen LogP contribution in [-0.4, -0.2) is 28.9 Å². The van der Waals surface area contributed by atoms with Crippen LogP contribution < -0.4 is 0 Å². The van der Waals surface area contributed by atoms with Gasteiger partial charge in [-0.1, -0.05) is 31.7 Å². The van der Waals surface area contributed by atoms with Crippen molar-refractivity contribution >= 4 is 28.6 Å². The molecule has 0 unspecified atom stereocenters. The maximum absolute atomic E-state index is 12.9. The Kier molecular flexibility index (Phi) is 4.93. The molecule has 2 aromatic heterocycles. The summed E-state index contributed by atoms with van der Waals surface area (Å²) in [7, 11) is 1.96. The standard InChI is InChI=1S/C17H22N2OS2/c1-12-15(22-16(18-12)14-10-7-11-21-14)17(20)19(2)13-8-5-3-4-6-9-13/h7,10-11,13H,3-6,8-9H2,1-2H3. The van der Waals surface area contributed by atoms with Crippen LogP contribution in [0.5, 0.6) is 0 Å². The molecule has 3 rings (SSSR count). The van der Waals surface area contributed by atoms with Gasteiger partial charge in [0.25, 0.3) is 5.91 Å². The van der Waals surface area contributed by atoms with Gasteiger partial charge in [-0.05, 0) is 31.2 Å². The summed E-state index contributed by atoms with van der Waals surface area (Å²) in [6, 6.07) is 4.48. The molecule has 22 heavy (non-hydrogen) atoms. The number of hydrogen-bond donors (Lipinski definition) is 0. The molecule has 0 radical (unpaired) electrons. The van der Waals surface area contributed by atoms with Crippen LogP contribution in [-0.2, 0) is 0 Å². The SMILES string of the molecule is Cc1nc(-c2cccs2)sc1C(=O)N(C)C1CCCCCC1. The Bertz CT molecular complexity index is 625. The first kappa shape index (κ1) is 15.7. The molecule has 1 aliphatic carbocycles. The zero-order valence-corrected chi connectivity index (χ0v) is 14.8. The topological polar surface area (TPSA) is 33.2 Å². The van der Waals surface area contributed by atoms with E-state index in [1.54, 1.807) is 11.3 Å². The lowest BCUT2D eigenvalue weighted by Crippen LogP contribution is -2.36. The number of aromatic nitrogens is 1. The van der Waals surface area contributed by atoms with Crippen molar-refractivity contribution in [2.24, 2.45) is 0 Å². The summed E-state index contributed by atoms with van der Waals surface area (Å²) in [6.45, 7) is 1.95. The molecule has 1 aliphatic rings. The van der Waals surface area contributed by atoms with Gasteiger partial charge in [-0.3, -0.25) is 4.79 Å². The molecule has 1 saturated carbocycles. The van der Waals surface area contributed by atoms with Gasteiger partial charge in [0.2, 0.25) is 0 Å². The lowest BCUT2D eigenvalue weighted by molar-refractivity contribution is 0.0721. The molecule has 2 aromatic rings. The predicted octanol–water partition coefficient (Wildman–Crippen LogP) is 4.97. The van der Waals surface area contributed by atoms with Crippen LogP contribution in [0.3, 0.4) is 0 Å². The number of hydrogen-bond acceptors (Lipinski definition) is 4. The highest BCUT2D eigenvalue weighted by Crippen LogP contribution is 2.32. The molecule has 0 aromatic carbocycles. The molecule has 0 saturated heterocycles. The predicted molar refractivity (Wildman–Crippen MR) is 93.7 cm³/mol. The molecule has 2 heterocycles. The second-order valence-electron chi connectivity index (χ2n) is 5.97. The highest BCUT2D eigenvalue weighted by atomic mass is 32.1. The average Bonchev–Trinajstić information content (AvgIpc) is 3.09. The summed E-state index contributed by atoms with van der Waals surface area (Å²) in [5.74, 6) is 0.143. The molecule has 0 N–H and O–H groups in total. The lowest BCUT2D eigenvalue weighted by atomic mass is 10.1. The van der Waals surface area contributed by atoms with Gasteiger partial charge in [0.05, 0.1) is 10.6 Å². The smallest absolute Gasteiger partial charge is 0.265 e. The van der Waals surface area contributed by atoms with Crippen molar-refractivity contribution in [3.8, 4) is 9.88 Å². The van der Waals surface area contributed by atoms with Crippen LogP contribution in [0.25, 0.3) is 9.88 Å². The number of carbonyl (C=O) groups is 1. The Labute approximate surface area is 140 Å². The van der Waals surface area contributed by atoms with E-state index in [0.29, 0.717) is 6.04 Å². The minimum atomic E-state index is 0.143. The molecule has 0 bridgehead atoms. The zero-order valence-electron chi connectivity index (χ0n) is 13.2. The average molecular weight is 335 g/mol. The quantitative estimate of drug-likeness (QED) is 0.742. The number of thiophene rings is 1. The van der Waals surface area contributed by atoms with Gasteiger partial charge in [0.15, 0.2) is 0 Å². The van der Waals surface area contributed by atoms with Gasteiger partial charge in [0.1, 0.15) is 9.88 Å². The molecule has 1 amide bonds. The van der Waals surface area contributed by atoms with Crippen LogP contribution in [0.4, 0.5) is 0 Å². The number of thiazole rings is 1. The fraction of sp³-hybridized carbons (Fsp3) is 0.529. The zero-order chi connectivity index (χ0) is 15.5. The fourth-order valence-corrected chi connectivity index (χ4v) is 4.92. The monoisotopic (exact) mass is 334 g/mol. The van der Waals surface area contributed by atoms with Crippen LogP contribution in [0.2, 0.25) is 0 Å². The summed E-state index contributed by atoms with van der Waals surface area (Å²) in [4.78, 5) is 21.4. The van der Waals surface area contributed by atoms with Crippen molar-refractivity contribution in [2.75, 3.05) is 7.05 Å². The molecular formula is C17H22N2OS2. The van der Waals surface area contributed by atoms with Gasteiger partial charge in [-0.25, -0.2) is 4.98 Å². The first-order valence-corrected chi connectivity index (χ1v) is 9.65. The number of amides is 1. The van der Waals surface area contributed by atoms with E-state index in [9.17, 15) is 4.79 Å². The number of aryl methyl sites for hydroxylation is 1. The molecule has 0 aliphatic heterocycles. The van der Waals surface area contributed by atoms with E-state index in [1.807, 2.05) is 30.3 Å². The minimum Gasteiger partial charge on any atom is -0.338 e. The van der Waals surface area contributed by atoms with Crippen LogP contribution >= 0.6 is 22.7 Å². The maximum Gasteiger partial charge on any atom is 0.265 e. The number of carbonyl (C=O) groups excluding carboxylic acids is 1. The molecule has 0 atom stereocenters. The second-order valence-corrected chi connectivity index (χ2v) is 7.92. The molecule has 118 valence electrons. The molecular weight excluding hydrogens is 312 g/mol. The van der Waals surface area contributed by atoms with Crippen molar-refractivity contribution in [3.63, 3.8) is 0 Å². The third-order valence-corrected chi connectivity index (χ3v) is 6.60. The van der Waals surface area contributed by atoms with E-state index < -0.39 is 0 Å². The van der Waals surface area contributed by atoms with E-state index in [0.717, 1.165) is 33.3 Å². The van der Waals surface area contributed by atoms with Gasteiger partial charge < -0.3 is 4.90 Å². The van der Waals surface area contributed by atoms with E-state index in [4.69, 9.17) is 0 Å². The first-order chi connectivity index (χ1) is 10.7. The largest absolute Gasteiger partial charge is 0.338 e. The molecule has 0 spiro atoms. The molecule has 1 fully saturated rings. The Balaban J connectivity index is 1.79. The Morgan fingerprint density at radius 1 is 1.27 bits per heavy atom. The van der Waals surface area contributed by atoms with Crippen LogP contribution in [0.1, 0.15) is 53.9 Å². The van der Waals surface area contributed by atoms with E-state index in [-0.39, 0.29) is 5.91 Å². The van der Waals surface area contributed by atoms with Crippen molar-refractivity contribution in [2.45, 2.75) is 51.5 Å². The summed E-state index contributed by atoms with van der Waals surface area (Å²) in [5.41, 5.74) is 0.860. The molecule has 3 nitrogen and oxygen atoms in total. The van der Waals surface area contributed by atoms with Crippen molar-refractivity contribution < 1.29 is 4.79 Å². The highest BCUT2D eigenvalue weighted by molar-refractivity contribution is 7.22.